The quantitative estimate of drug-likeness (QED) is 0.811. The zero-order valence-corrected chi connectivity index (χ0v) is 9.26. The van der Waals surface area contributed by atoms with Gasteiger partial charge in [-0.3, -0.25) is 0 Å². The van der Waals surface area contributed by atoms with Crippen LogP contribution >= 0.6 is 15.9 Å². The molecule has 6 heteroatoms. The van der Waals surface area contributed by atoms with Crippen molar-refractivity contribution in [2.24, 2.45) is 0 Å². The number of nitrogens with one attached hydrogen (secondary N) is 1. The van der Waals surface area contributed by atoms with Gasteiger partial charge in [0, 0.05) is 4.47 Å². The van der Waals surface area contributed by atoms with Crippen molar-refractivity contribution >= 4 is 32.9 Å². The van der Waals surface area contributed by atoms with Crippen LogP contribution in [0.1, 0.15) is 10.6 Å². The Balaban J connectivity index is 2.65. The minimum absolute atomic E-state index is 0.00972. The van der Waals surface area contributed by atoms with Gasteiger partial charge in [0.1, 0.15) is 5.52 Å². The molecule has 0 saturated carbocycles. The second kappa shape index (κ2) is 3.62. The number of fused-ring (bicyclic) bond motifs is 1. The maximum Gasteiger partial charge on any atom is 0.374 e. The number of benzene rings is 1. The number of hydrogen-bond acceptors (Lipinski definition) is 3. The van der Waals surface area contributed by atoms with Crippen molar-refractivity contribution in [1.82, 2.24) is 9.97 Å². The molecule has 1 aromatic carbocycles. The Bertz CT molecular complexity index is 538. The Kier molecular flexibility index (Phi) is 2.44. The first kappa shape index (κ1) is 10.1. The summed E-state index contributed by atoms with van der Waals surface area (Å²) in [5.41, 5.74) is 0.570. The fourth-order valence-corrected chi connectivity index (χ4v) is 1.67. The third kappa shape index (κ3) is 1.72. The number of carbonyl (C=O) groups is 1. The molecule has 15 heavy (non-hydrogen) atoms. The summed E-state index contributed by atoms with van der Waals surface area (Å²) in [6.45, 7) is 0. The molecule has 0 fully saturated rings. The lowest BCUT2D eigenvalue weighted by atomic mass is 10.3. The van der Waals surface area contributed by atoms with Gasteiger partial charge in [0.25, 0.3) is 0 Å². The lowest BCUT2D eigenvalue weighted by molar-refractivity contribution is 0.0588. The van der Waals surface area contributed by atoms with Crippen LogP contribution in [0.4, 0.5) is 4.39 Å². The molecule has 0 spiro atoms. The highest BCUT2D eigenvalue weighted by molar-refractivity contribution is 9.10. The topological polar surface area (TPSA) is 55.0 Å². The van der Waals surface area contributed by atoms with Gasteiger partial charge in [0.05, 0.1) is 12.6 Å². The molecular formula is C9H6BrFN2O2. The largest absolute Gasteiger partial charge is 0.463 e. The van der Waals surface area contributed by atoms with Crippen molar-refractivity contribution in [2.45, 2.75) is 0 Å². The number of aromatic amines is 1. The van der Waals surface area contributed by atoms with Crippen LogP contribution in [0.2, 0.25) is 0 Å². The molecule has 0 radical (unpaired) electrons. The van der Waals surface area contributed by atoms with Crippen LogP contribution in [0, 0.1) is 5.82 Å². The third-order valence-electron chi connectivity index (χ3n) is 1.88. The molecule has 2 rings (SSSR count). The number of nitrogens with zero attached hydrogens (tertiary/aromatic N) is 1. The van der Waals surface area contributed by atoms with E-state index in [-0.39, 0.29) is 11.3 Å². The number of carbonyl (C=O) groups excluding carboxylic acids is 1. The maximum absolute atomic E-state index is 13.4. The van der Waals surface area contributed by atoms with Gasteiger partial charge in [-0.05, 0) is 12.1 Å². The van der Waals surface area contributed by atoms with E-state index in [0.29, 0.717) is 9.99 Å². The van der Waals surface area contributed by atoms with Gasteiger partial charge in [0.15, 0.2) is 5.82 Å². The molecule has 0 bridgehead atoms. The van der Waals surface area contributed by atoms with E-state index in [9.17, 15) is 9.18 Å². The first-order valence-electron chi connectivity index (χ1n) is 4.05. The number of hydrogen-bond donors (Lipinski definition) is 1. The summed E-state index contributed by atoms with van der Waals surface area (Å²) < 4.78 is 18.4. The van der Waals surface area contributed by atoms with Crippen LogP contribution in [-0.2, 0) is 4.74 Å². The van der Waals surface area contributed by atoms with Gasteiger partial charge < -0.3 is 9.72 Å². The number of ether oxygens (including phenoxy) is 1. The molecule has 0 aliphatic rings. The minimum atomic E-state index is -0.623. The van der Waals surface area contributed by atoms with E-state index in [0.717, 1.165) is 0 Å². The summed E-state index contributed by atoms with van der Waals surface area (Å²) in [6.07, 6.45) is 0. The summed E-state index contributed by atoms with van der Waals surface area (Å²) in [6, 6.07) is 2.92. The number of rotatable bonds is 1. The Morgan fingerprint density at radius 1 is 1.60 bits per heavy atom. The zero-order valence-electron chi connectivity index (χ0n) is 7.67. The molecule has 0 unspecified atom stereocenters. The van der Waals surface area contributed by atoms with Crippen molar-refractivity contribution in [3.05, 3.63) is 28.2 Å². The number of esters is 1. The summed E-state index contributed by atoms with van der Waals surface area (Å²) in [5, 5.41) is 0. The van der Waals surface area contributed by atoms with Crippen molar-refractivity contribution < 1.29 is 13.9 Å². The van der Waals surface area contributed by atoms with Crippen LogP contribution < -0.4 is 0 Å². The first-order chi connectivity index (χ1) is 7.11. The second-order valence-corrected chi connectivity index (χ2v) is 3.78. The Labute approximate surface area is 92.6 Å². The first-order valence-corrected chi connectivity index (χ1v) is 4.84. The lowest BCUT2D eigenvalue weighted by Gasteiger charge is -1.91. The lowest BCUT2D eigenvalue weighted by Crippen LogP contribution is -2.02. The Morgan fingerprint density at radius 2 is 2.33 bits per heavy atom. The highest BCUT2D eigenvalue weighted by atomic mass is 79.9. The third-order valence-corrected chi connectivity index (χ3v) is 2.34. The molecule has 1 aromatic heterocycles. The molecule has 1 heterocycles. The van der Waals surface area contributed by atoms with Gasteiger partial charge in [-0.1, -0.05) is 15.9 Å². The maximum atomic E-state index is 13.4. The van der Waals surface area contributed by atoms with Crippen LogP contribution in [-0.4, -0.2) is 23.0 Å². The summed E-state index contributed by atoms with van der Waals surface area (Å²) in [4.78, 5) is 17.6. The standard InChI is InChI=1S/C9H6BrFN2O2/c1-15-9(14)8-12-6-3-4(10)2-5(11)7(6)13-8/h2-3H,1H3,(H,12,13). The number of imidazole rings is 1. The predicted octanol–water partition coefficient (Wildman–Crippen LogP) is 2.25. The number of halogens is 2. The molecule has 2 aromatic rings. The fourth-order valence-electron chi connectivity index (χ4n) is 1.24. The van der Waals surface area contributed by atoms with E-state index < -0.39 is 11.8 Å². The highest BCUT2D eigenvalue weighted by Crippen LogP contribution is 2.21. The minimum Gasteiger partial charge on any atom is -0.463 e. The van der Waals surface area contributed by atoms with Crippen molar-refractivity contribution in [1.29, 1.82) is 0 Å². The van der Waals surface area contributed by atoms with Crippen molar-refractivity contribution in [2.75, 3.05) is 7.11 Å². The van der Waals surface area contributed by atoms with E-state index in [1.165, 1.54) is 13.2 Å². The van der Waals surface area contributed by atoms with Crippen LogP contribution in [0.3, 0.4) is 0 Å². The van der Waals surface area contributed by atoms with Crippen molar-refractivity contribution in [3.63, 3.8) is 0 Å². The molecule has 4 nitrogen and oxygen atoms in total. The summed E-state index contributed by atoms with van der Waals surface area (Å²) >= 11 is 3.14. The molecule has 1 N–H and O–H groups in total. The second-order valence-electron chi connectivity index (χ2n) is 2.86. The Hall–Kier alpha value is -1.43. The molecule has 0 saturated heterocycles. The number of methoxy groups -OCH3 is 1. The van der Waals surface area contributed by atoms with Crippen molar-refractivity contribution in [3.8, 4) is 0 Å². The predicted molar refractivity (Wildman–Crippen MR) is 55.1 cm³/mol. The number of H-pyrrole nitrogens is 1. The van der Waals surface area contributed by atoms with E-state index >= 15 is 0 Å². The van der Waals surface area contributed by atoms with Gasteiger partial charge in [-0.15, -0.1) is 0 Å². The highest BCUT2D eigenvalue weighted by Gasteiger charge is 2.14. The molecule has 0 amide bonds. The fraction of sp³-hybridized carbons (Fsp3) is 0.111. The van der Waals surface area contributed by atoms with Crippen LogP contribution in [0.5, 0.6) is 0 Å². The van der Waals surface area contributed by atoms with E-state index in [1.807, 2.05) is 0 Å². The van der Waals surface area contributed by atoms with Gasteiger partial charge in [0.2, 0.25) is 5.82 Å². The molecule has 0 aliphatic carbocycles. The van der Waals surface area contributed by atoms with Gasteiger partial charge in [-0.25, -0.2) is 14.2 Å². The summed E-state index contributed by atoms with van der Waals surface area (Å²) in [7, 11) is 1.24. The van der Waals surface area contributed by atoms with E-state index in [1.54, 1.807) is 6.07 Å². The molecule has 0 atom stereocenters. The molecule has 78 valence electrons. The molecule has 0 aliphatic heterocycles. The van der Waals surface area contributed by atoms with E-state index in [2.05, 4.69) is 30.6 Å². The van der Waals surface area contributed by atoms with Gasteiger partial charge >= 0.3 is 5.97 Å². The average molecular weight is 273 g/mol. The van der Waals surface area contributed by atoms with Gasteiger partial charge in [-0.2, -0.15) is 0 Å². The monoisotopic (exact) mass is 272 g/mol. The van der Waals surface area contributed by atoms with E-state index in [4.69, 9.17) is 0 Å². The molecular weight excluding hydrogens is 267 g/mol. The normalized spacial score (nSPS) is 10.6. The van der Waals surface area contributed by atoms with Crippen LogP contribution in [0.25, 0.3) is 11.0 Å². The smallest absolute Gasteiger partial charge is 0.374 e. The zero-order chi connectivity index (χ0) is 11.0. The SMILES string of the molecule is COC(=O)c1nc2c(F)cc(Br)cc2[nH]1. The number of aromatic nitrogens is 2. The Morgan fingerprint density at radius 3 is 3.00 bits per heavy atom. The summed E-state index contributed by atoms with van der Waals surface area (Å²) in [5.74, 6) is -1.13. The van der Waals surface area contributed by atoms with Crippen LogP contribution in [0.15, 0.2) is 16.6 Å². The average Bonchev–Trinajstić information content (AvgIpc) is 2.60.